The average Bonchev–Trinajstić information content (AvgIpc) is 2.55. The van der Waals surface area contributed by atoms with Gasteiger partial charge in [-0.1, -0.05) is 0 Å². The Bertz CT molecular complexity index is 622. The minimum Gasteiger partial charge on any atom is -0.444 e. The highest BCUT2D eigenvalue weighted by Gasteiger charge is 2.52. The molecule has 0 spiro atoms. The minimum atomic E-state index is -0.554. The number of aryl methyl sites for hydroxylation is 1. The number of carbonyl (C=O) groups is 1. The van der Waals surface area contributed by atoms with Crippen molar-refractivity contribution in [3.8, 4) is 0 Å². The highest BCUT2D eigenvalue weighted by molar-refractivity contribution is 6.62. The second-order valence-electron chi connectivity index (χ2n) is 8.14. The number of nitrogens with zero attached hydrogens (tertiary/aromatic N) is 1. The van der Waals surface area contributed by atoms with Gasteiger partial charge in [-0.25, -0.2) is 9.78 Å². The van der Waals surface area contributed by atoms with Crippen molar-refractivity contribution in [1.82, 2.24) is 4.98 Å². The van der Waals surface area contributed by atoms with E-state index in [9.17, 15) is 4.79 Å². The van der Waals surface area contributed by atoms with Crippen LogP contribution in [0.2, 0.25) is 0 Å². The van der Waals surface area contributed by atoms with Crippen molar-refractivity contribution in [3.05, 3.63) is 17.8 Å². The number of carbonyl (C=O) groups excluding carboxylic acids is 1. The van der Waals surface area contributed by atoms with Crippen LogP contribution in [0, 0.1) is 6.92 Å². The molecule has 1 aliphatic rings. The van der Waals surface area contributed by atoms with Crippen molar-refractivity contribution in [3.63, 3.8) is 0 Å². The number of nitrogens with one attached hydrogen (secondary N) is 1. The smallest absolute Gasteiger partial charge is 0.444 e. The molecule has 0 aliphatic carbocycles. The van der Waals surface area contributed by atoms with Gasteiger partial charge in [0.15, 0.2) is 0 Å². The Kier molecular flexibility index (Phi) is 4.72. The third-order valence-corrected chi connectivity index (χ3v) is 4.29. The summed E-state index contributed by atoms with van der Waals surface area (Å²) in [5, 5.41) is 2.64. The molecule has 1 amide bonds. The van der Waals surface area contributed by atoms with Crippen molar-refractivity contribution < 1.29 is 18.8 Å². The second kappa shape index (κ2) is 6.04. The van der Waals surface area contributed by atoms with Crippen molar-refractivity contribution in [2.75, 3.05) is 5.32 Å². The van der Waals surface area contributed by atoms with Crippen molar-refractivity contribution in [1.29, 1.82) is 0 Å². The molecule has 1 aromatic heterocycles. The third kappa shape index (κ3) is 4.08. The van der Waals surface area contributed by atoms with E-state index in [0.29, 0.717) is 5.82 Å². The van der Waals surface area contributed by atoms with Crippen LogP contribution in [0.3, 0.4) is 0 Å². The molecule has 6 nitrogen and oxygen atoms in total. The summed E-state index contributed by atoms with van der Waals surface area (Å²) in [6, 6.07) is 1.78. The quantitative estimate of drug-likeness (QED) is 0.842. The molecule has 132 valence electrons. The normalized spacial score (nSPS) is 19.2. The zero-order valence-electron chi connectivity index (χ0n) is 15.8. The van der Waals surface area contributed by atoms with E-state index < -0.39 is 30.0 Å². The first-order chi connectivity index (χ1) is 10.8. The maximum Gasteiger partial charge on any atom is 0.496 e. The lowest BCUT2D eigenvalue weighted by molar-refractivity contribution is 0.00578. The van der Waals surface area contributed by atoms with Crippen LogP contribution in [0.5, 0.6) is 0 Å². The van der Waals surface area contributed by atoms with Crippen LogP contribution in [-0.2, 0) is 14.0 Å². The number of anilines is 1. The summed E-state index contributed by atoms with van der Waals surface area (Å²) < 4.78 is 17.3. The first-order valence-electron chi connectivity index (χ1n) is 8.13. The number of pyridine rings is 1. The Morgan fingerprint density at radius 3 is 2.21 bits per heavy atom. The summed E-state index contributed by atoms with van der Waals surface area (Å²) in [7, 11) is -0.474. The number of amides is 1. The Hall–Kier alpha value is -1.60. The predicted octanol–water partition coefficient (Wildman–Crippen LogP) is 3.04. The number of ether oxygens (including phenoxy) is 1. The van der Waals surface area contributed by atoms with E-state index in [0.717, 1.165) is 11.0 Å². The molecule has 2 heterocycles. The highest BCUT2D eigenvalue weighted by Crippen LogP contribution is 2.36. The van der Waals surface area contributed by atoms with Gasteiger partial charge in [-0.15, -0.1) is 0 Å². The molecule has 0 radical (unpaired) electrons. The fourth-order valence-electron chi connectivity index (χ4n) is 2.26. The molecule has 2 rings (SSSR count). The number of rotatable bonds is 2. The molecule has 7 heteroatoms. The maximum absolute atomic E-state index is 11.8. The molecule has 0 atom stereocenters. The SMILES string of the molecule is Cc1cc(NC(=O)OC(C)(C)C)ncc1B1OC(C)(C)C(C)(C)O1. The average molecular weight is 334 g/mol. The molecular formula is C17H27BN2O4. The summed E-state index contributed by atoms with van der Waals surface area (Å²) in [6.07, 6.45) is 1.14. The van der Waals surface area contributed by atoms with E-state index in [1.54, 1.807) is 12.3 Å². The van der Waals surface area contributed by atoms with Gasteiger partial charge >= 0.3 is 13.2 Å². The standard InChI is InChI=1S/C17H27BN2O4/c1-11-9-13(20-14(21)22-15(2,3)4)19-10-12(11)18-23-16(5,6)17(7,8)24-18/h9-10H,1-8H3,(H,19,20,21). The first kappa shape index (κ1) is 18.7. The summed E-state index contributed by atoms with van der Waals surface area (Å²) >= 11 is 0. The Balaban J connectivity index is 2.13. The van der Waals surface area contributed by atoms with Crippen molar-refractivity contribution in [2.24, 2.45) is 0 Å². The summed E-state index contributed by atoms with van der Waals surface area (Å²) in [5.41, 5.74) is 0.412. The van der Waals surface area contributed by atoms with Crippen LogP contribution in [0.25, 0.3) is 0 Å². The van der Waals surface area contributed by atoms with Gasteiger partial charge in [-0.2, -0.15) is 0 Å². The zero-order chi connectivity index (χ0) is 18.3. The molecule has 1 aliphatic heterocycles. The van der Waals surface area contributed by atoms with Gasteiger partial charge in [0.2, 0.25) is 0 Å². The Morgan fingerprint density at radius 1 is 1.21 bits per heavy atom. The first-order valence-corrected chi connectivity index (χ1v) is 8.13. The van der Waals surface area contributed by atoms with Crippen LogP contribution in [0.1, 0.15) is 54.0 Å². The van der Waals surface area contributed by atoms with E-state index in [1.807, 2.05) is 55.4 Å². The molecule has 1 aromatic rings. The van der Waals surface area contributed by atoms with Crippen LogP contribution in [-0.4, -0.2) is 35.0 Å². The summed E-state index contributed by atoms with van der Waals surface area (Å²) in [6.45, 7) is 15.4. The molecule has 0 saturated carbocycles. The lowest BCUT2D eigenvalue weighted by atomic mass is 9.77. The number of hydrogen-bond donors (Lipinski definition) is 1. The van der Waals surface area contributed by atoms with Crippen molar-refractivity contribution >= 4 is 24.5 Å². The molecular weight excluding hydrogens is 307 g/mol. The number of hydrogen-bond acceptors (Lipinski definition) is 5. The second-order valence-corrected chi connectivity index (χ2v) is 8.14. The van der Waals surface area contributed by atoms with E-state index in [-0.39, 0.29) is 0 Å². The predicted molar refractivity (Wildman–Crippen MR) is 94.5 cm³/mol. The van der Waals surface area contributed by atoms with Gasteiger partial charge in [0.1, 0.15) is 11.4 Å². The lowest BCUT2D eigenvalue weighted by Crippen LogP contribution is -2.41. The molecule has 0 aromatic carbocycles. The van der Waals surface area contributed by atoms with Crippen molar-refractivity contribution in [2.45, 2.75) is 72.2 Å². The van der Waals surface area contributed by atoms with Crippen LogP contribution in [0.15, 0.2) is 12.3 Å². The van der Waals surface area contributed by atoms with E-state index >= 15 is 0 Å². The van der Waals surface area contributed by atoms with E-state index in [1.165, 1.54) is 0 Å². The van der Waals surface area contributed by atoms with Gasteiger partial charge in [-0.3, -0.25) is 5.32 Å². The largest absolute Gasteiger partial charge is 0.496 e. The maximum atomic E-state index is 11.8. The van der Waals surface area contributed by atoms with Crippen LogP contribution >= 0.6 is 0 Å². The van der Waals surface area contributed by atoms with E-state index in [2.05, 4.69) is 10.3 Å². The van der Waals surface area contributed by atoms with Gasteiger partial charge in [-0.05, 0) is 67.0 Å². The third-order valence-electron chi connectivity index (χ3n) is 4.29. The molecule has 0 unspecified atom stereocenters. The number of aromatic nitrogens is 1. The minimum absolute atomic E-state index is 0.405. The molecule has 1 N–H and O–H groups in total. The Morgan fingerprint density at radius 2 is 1.75 bits per heavy atom. The fraction of sp³-hybridized carbons (Fsp3) is 0.647. The molecule has 1 fully saturated rings. The van der Waals surface area contributed by atoms with Gasteiger partial charge in [0.25, 0.3) is 0 Å². The van der Waals surface area contributed by atoms with Gasteiger partial charge in [0, 0.05) is 11.7 Å². The van der Waals surface area contributed by atoms with Gasteiger partial charge in [0.05, 0.1) is 11.2 Å². The monoisotopic (exact) mass is 334 g/mol. The fourth-order valence-corrected chi connectivity index (χ4v) is 2.26. The molecule has 24 heavy (non-hydrogen) atoms. The van der Waals surface area contributed by atoms with Crippen LogP contribution < -0.4 is 10.8 Å². The molecule has 0 bridgehead atoms. The summed E-state index contributed by atoms with van der Waals surface area (Å²) in [4.78, 5) is 16.1. The van der Waals surface area contributed by atoms with E-state index in [4.69, 9.17) is 14.0 Å². The molecule has 1 saturated heterocycles. The Labute approximate surface area is 144 Å². The van der Waals surface area contributed by atoms with Gasteiger partial charge < -0.3 is 14.0 Å². The summed E-state index contributed by atoms with van der Waals surface area (Å²) in [5.74, 6) is 0.432. The zero-order valence-corrected chi connectivity index (χ0v) is 15.8. The topological polar surface area (TPSA) is 69.7 Å². The highest BCUT2D eigenvalue weighted by atomic mass is 16.7. The van der Waals surface area contributed by atoms with Crippen LogP contribution in [0.4, 0.5) is 10.6 Å². The lowest BCUT2D eigenvalue weighted by Gasteiger charge is -2.32.